The van der Waals surface area contributed by atoms with Gasteiger partial charge in [-0.3, -0.25) is 19.4 Å². The Balaban J connectivity index is 1.69. The summed E-state index contributed by atoms with van der Waals surface area (Å²) < 4.78 is 42.5. The number of benzene rings is 2. The average Bonchev–Trinajstić information content (AvgIpc) is 3.53. The van der Waals surface area contributed by atoms with Crippen LogP contribution in [0.2, 0.25) is 0 Å². The number of nitrogens with zero attached hydrogens (tertiary/aromatic N) is 4. The monoisotopic (exact) mass is 816 g/mol. The van der Waals surface area contributed by atoms with Crippen LogP contribution in [0.15, 0.2) is 48.7 Å². The molecule has 59 heavy (non-hydrogen) atoms. The molecular formula is C45H58F2N6O6. The molecule has 0 saturated carbocycles. The number of aryl methyl sites for hydroxylation is 1. The van der Waals surface area contributed by atoms with Gasteiger partial charge in [0, 0.05) is 74.3 Å². The predicted octanol–water partition coefficient (Wildman–Crippen LogP) is 6.53. The summed E-state index contributed by atoms with van der Waals surface area (Å²) in [4.78, 5) is 56.9. The van der Waals surface area contributed by atoms with Gasteiger partial charge in [-0.1, -0.05) is 45.9 Å². The van der Waals surface area contributed by atoms with Gasteiger partial charge in [-0.15, -0.1) is 0 Å². The minimum atomic E-state index is -2.80. The zero-order chi connectivity index (χ0) is 43.0. The molecule has 5 rings (SSSR count). The van der Waals surface area contributed by atoms with E-state index in [1.165, 1.54) is 24.1 Å². The Morgan fingerprint density at radius 2 is 1.78 bits per heavy atom. The summed E-state index contributed by atoms with van der Waals surface area (Å²) >= 11 is 0. The summed E-state index contributed by atoms with van der Waals surface area (Å²) in [6.45, 7) is 16.3. The van der Waals surface area contributed by atoms with Gasteiger partial charge < -0.3 is 39.3 Å². The van der Waals surface area contributed by atoms with E-state index in [1.807, 2.05) is 45.2 Å². The number of hydrogen-bond acceptors (Lipinski definition) is 9. The Morgan fingerprint density at radius 1 is 1.05 bits per heavy atom. The number of nitrogens with one attached hydrogen (secondary N) is 2. The minimum absolute atomic E-state index is 0.0376. The van der Waals surface area contributed by atoms with Crippen LogP contribution in [-0.4, -0.2) is 98.6 Å². The van der Waals surface area contributed by atoms with Gasteiger partial charge in [-0.2, -0.15) is 0 Å². The number of carbonyl (C=O) groups is 4. The number of likely N-dealkylation sites (N-methyl/N-ethyl adjacent to an activating group) is 1. The smallest absolute Gasteiger partial charge is 0.293 e. The van der Waals surface area contributed by atoms with E-state index < -0.39 is 29.8 Å². The fourth-order valence-corrected chi connectivity index (χ4v) is 8.20. The lowest BCUT2D eigenvalue weighted by Gasteiger charge is -2.30. The summed E-state index contributed by atoms with van der Waals surface area (Å²) in [6.07, 6.45) is 0.368. The second-order valence-corrected chi connectivity index (χ2v) is 16.5. The summed E-state index contributed by atoms with van der Waals surface area (Å²) in [6, 6.07) is 10.9. The van der Waals surface area contributed by atoms with Crippen molar-refractivity contribution in [1.82, 2.24) is 25.1 Å². The number of fused-ring (bicyclic) bond motifs is 1. The summed E-state index contributed by atoms with van der Waals surface area (Å²) in [7, 11) is 3.15. The number of carbonyl (C=O) groups excluding carboxylic acids is 4. The van der Waals surface area contributed by atoms with E-state index in [0.717, 1.165) is 65.3 Å². The van der Waals surface area contributed by atoms with Crippen molar-refractivity contribution in [3.8, 4) is 22.4 Å². The van der Waals surface area contributed by atoms with Crippen LogP contribution >= 0.6 is 0 Å². The zero-order valence-electron chi connectivity index (χ0n) is 35.4. The molecule has 1 fully saturated rings. The highest BCUT2D eigenvalue weighted by molar-refractivity contribution is 5.96. The van der Waals surface area contributed by atoms with E-state index in [4.69, 9.17) is 14.5 Å². The number of aldehydes is 1. The fourth-order valence-electron chi connectivity index (χ4n) is 8.20. The van der Waals surface area contributed by atoms with Crippen LogP contribution < -0.4 is 15.5 Å². The number of ether oxygens (including phenoxy) is 2. The topological polar surface area (TPSA) is 135 Å². The summed E-state index contributed by atoms with van der Waals surface area (Å²) in [5, 5.41) is 7.03. The molecular weight excluding hydrogens is 759 g/mol. The Morgan fingerprint density at radius 3 is 2.39 bits per heavy atom. The van der Waals surface area contributed by atoms with Crippen LogP contribution in [0.4, 0.5) is 14.5 Å². The van der Waals surface area contributed by atoms with Crippen LogP contribution in [-0.2, 0) is 48.0 Å². The standard InChI is InChI=1S/C45H58F2N6O6/c1-9-53-39-11-10-31(32-16-30(17-33(19-32)43(46)47)18-34(24-54)50-44(57)41(28(2)3)51(7)26-55)20-36(39)38(22-45(5,6)25-59-27-56)42(53)37-21-35(52-14-12-48-13-15-52)23-49-40(37)29(4)58-8/h10-11,16-17,19-21,23-24,26-29,34,41,43,48H,9,12-15,18,22,25H2,1-8H3,(H,50,57). The number of anilines is 1. The highest BCUT2D eigenvalue weighted by Gasteiger charge is 2.31. The first-order chi connectivity index (χ1) is 28.2. The van der Waals surface area contributed by atoms with Crippen molar-refractivity contribution in [3.63, 3.8) is 0 Å². The first-order valence-electron chi connectivity index (χ1n) is 20.2. The van der Waals surface area contributed by atoms with Gasteiger partial charge >= 0.3 is 0 Å². The highest BCUT2D eigenvalue weighted by Crippen LogP contribution is 2.43. The van der Waals surface area contributed by atoms with Gasteiger partial charge in [-0.05, 0) is 79.1 Å². The number of aromatic nitrogens is 2. The molecule has 1 saturated heterocycles. The van der Waals surface area contributed by atoms with Crippen LogP contribution in [0, 0.1) is 11.3 Å². The molecule has 4 aromatic rings. The number of piperazine rings is 1. The minimum Gasteiger partial charge on any atom is -0.467 e. The molecule has 2 aromatic heterocycles. The van der Waals surface area contributed by atoms with E-state index in [9.17, 15) is 28.0 Å². The summed E-state index contributed by atoms with van der Waals surface area (Å²) in [5.74, 6) is -0.746. The number of hydrogen-bond donors (Lipinski definition) is 2. The van der Waals surface area contributed by atoms with Gasteiger partial charge in [0.1, 0.15) is 12.3 Å². The second kappa shape index (κ2) is 19.7. The number of alkyl halides is 2. The van der Waals surface area contributed by atoms with Crippen molar-refractivity contribution in [1.29, 1.82) is 0 Å². The number of methoxy groups -OCH3 is 1. The predicted molar refractivity (Wildman–Crippen MR) is 225 cm³/mol. The molecule has 14 heteroatoms. The van der Waals surface area contributed by atoms with Gasteiger partial charge in [-0.25, -0.2) is 8.78 Å². The molecule has 3 unspecified atom stereocenters. The van der Waals surface area contributed by atoms with Gasteiger partial charge in [0.15, 0.2) is 0 Å². The van der Waals surface area contributed by atoms with Crippen LogP contribution in [0.25, 0.3) is 33.3 Å². The molecule has 318 valence electrons. The third kappa shape index (κ3) is 10.3. The fraction of sp³-hybridized carbons (Fsp3) is 0.489. The molecule has 0 radical (unpaired) electrons. The molecule has 12 nitrogen and oxygen atoms in total. The molecule has 1 aliphatic heterocycles. The van der Waals surface area contributed by atoms with E-state index in [1.54, 1.807) is 27.0 Å². The number of amides is 2. The zero-order valence-corrected chi connectivity index (χ0v) is 35.4. The molecule has 2 N–H and O–H groups in total. The Bertz CT molecular complexity index is 2110. The van der Waals surface area contributed by atoms with Gasteiger partial charge in [0.05, 0.1) is 42.0 Å². The second-order valence-electron chi connectivity index (χ2n) is 16.5. The molecule has 3 atom stereocenters. The Labute approximate surface area is 345 Å². The van der Waals surface area contributed by atoms with Crippen molar-refractivity contribution in [2.75, 3.05) is 51.8 Å². The van der Waals surface area contributed by atoms with Crippen molar-refractivity contribution < 1.29 is 37.4 Å². The Kier molecular flexibility index (Phi) is 15.0. The van der Waals surface area contributed by atoms with Crippen LogP contribution in [0.5, 0.6) is 0 Å². The molecule has 0 aliphatic carbocycles. The van der Waals surface area contributed by atoms with Gasteiger partial charge in [0.25, 0.3) is 12.9 Å². The largest absolute Gasteiger partial charge is 0.467 e. The number of halogens is 2. The van der Waals surface area contributed by atoms with Crippen molar-refractivity contribution in [2.24, 2.45) is 11.3 Å². The first kappa shape index (κ1) is 44.9. The third-order valence-electron chi connectivity index (χ3n) is 11.1. The lowest BCUT2D eigenvalue weighted by atomic mass is 9.84. The maximum absolute atomic E-state index is 14.5. The van der Waals surface area contributed by atoms with Crippen molar-refractivity contribution >= 4 is 41.7 Å². The van der Waals surface area contributed by atoms with Crippen LogP contribution in [0.3, 0.4) is 0 Å². The lowest BCUT2D eigenvalue weighted by molar-refractivity contribution is -0.134. The maximum Gasteiger partial charge on any atom is 0.293 e. The molecule has 2 aromatic carbocycles. The molecule has 2 amide bonds. The first-order valence-corrected chi connectivity index (χ1v) is 20.2. The highest BCUT2D eigenvalue weighted by atomic mass is 19.3. The van der Waals surface area contributed by atoms with E-state index in [0.29, 0.717) is 48.8 Å². The van der Waals surface area contributed by atoms with Crippen molar-refractivity contribution in [2.45, 2.75) is 85.5 Å². The molecule has 0 spiro atoms. The van der Waals surface area contributed by atoms with E-state index >= 15 is 0 Å². The number of pyridine rings is 1. The van der Waals surface area contributed by atoms with Crippen LogP contribution in [0.1, 0.15) is 76.5 Å². The molecule has 3 heterocycles. The SMILES string of the molecule is CCn1c(-c2cc(N3CCNCC3)cnc2C(C)OC)c(CC(C)(C)COC=O)c2cc(-c3cc(CC(C=O)NC(=O)C(C(C)C)N(C)C=O)cc(C(F)F)c3)ccc21. The molecule has 1 aliphatic rings. The Hall–Kier alpha value is -5.21. The average molecular weight is 817 g/mol. The van der Waals surface area contributed by atoms with E-state index in [2.05, 4.69) is 33.1 Å². The third-order valence-corrected chi connectivity index (χ3v) is 11.1. The molecule has 0 bridgehead atoms. The van der Waals surface area contributed by atoms with Crippen molar-refractivity contribution in [3.05, 3.63) is 71.0 Å². The number of rotatable bonds is 20. The van der Waals surface area contributed by atoms with Gasteiger partial charge in [0.2, 0.25) is 12.3 Å². The lowest BCUT2D eigenvalue weighted by Crippen LogP contribution is -2.51. The normalized spacial score (nSPS) is 14.9. The van der Waals surface area contributed by atoms with E-state index in [-0.39, 0.29) is 30.6 Å². The summed E-state index contributed by atoms with van der Waals surface area (Å²) in [5.41, 5.74) is 6.48. The quantitative estimate of drug-likeness (QED) is 0.0956. The maximum atomic E-state index is 14.5.